The van der Waals surface area contributed by atoms with Crippen molar-refractivity contribution >= 4 is 33.0 Å². The first-order chi connectivity index (χ1) is 11.2. The van der Waals surface area contributed by atoms with E-state index in [9.17, 15) is 18.0 Å². The lowest BCUT2D eigenvalue weighted by molar-refractivity contribution is -0.134. The average Bonchev–Trinajstić information content (AvgIpc) is 2.86. The fourth-order valence-electron chi connectivity index (χ4n) is 2.59. The molecule has 2 rings (SSSR count). The van der Waals surface area contributed by atoms with Gasteiger partial charge in [0.05, 0.1) is 11.5 Å². The first-order valence-electron chi connectivity index (χ1n) is 7.71. The second kappa shape index (κ2) is 7.21. The van der Waals surface area contributed by atoms with Crippen LogP contribution >= 0.6 is 0 Å². The number of sulfone groups is 1. The summed E-state index contributed by atoms with van der Waals surface area (Å²) in [6, 6.07) is 6.94. The molecule has 1 heterocycles. The first kappa shape index (κ1) is 18.3. The summed E-state index contributed by atoms with van der Waals surface area (Å²) in [4.78, 5) is 27.5. The standard InChI is InChI=1S/C16H23N3O4S/c1-18(2)13-6-4-12(5-7-13)17-15(20)10-16(21)19(3)14-8-9-24(22,23)11-14/h4-7,14H,8-11H2,1-3H3,(H,17,20). The summed E-state index contributed by atoms with van der Waals surface area (Å²) in [5.41, 5.74) is 1.62. The van der Waals surface area contributed by atoms with Crippen molar-refractivity contribution in [3.63, 3.8) is 0 Å². The molecule has 2 amide bonds. The monoisotopic (exact) mass is 353 g/mol. The Bertz CT molecular complexity index is 713. The fourth-order valence-corrected chi connectivity index (χ4v) is 4.37. The van der Waals surface area contributed by atoms with Crippen LogP contribution in [-0.4, -0.2) is 63.8 Å². The first-order valence-corrected chi connectivity index (χ1v) is 9.53. The molecule has 1 unspecified atom stereocenters. The molecule has 1 aliphatic rings. The van der Waals surface area contributed by atoms with E-state index in [0.717, 1.165) is 5.69 Å². The third-order valence-electron chi connectivity index (χ3n) is 4.13. The molecule has 24 heavy (non-hydrogen) atoms. The molecule has 1 saturated heterocycles. The Labute approximate surface area is 142 Å². The predicted molar refractivity (Wildman–Crippen MR) is 93.8 cm³/mol. The Morgan fingerprint density at radius 3 is 2.29 bits per heavy atom. The molecule has 0 bridgehead atoms. The number of nitrogens with zero attached hydrogens (tertiary/aromatic N) is 2. The van der Waals surface area contributed by atoms with Crippen LogP contribution in [0.25, 0.3) is 0 Å². The summed E-state index contributed by atoms with van der Waals surface area (Å²) in [6.45, 7) is 0. The van der Waals surface area contributed by atoms with Gasteiger partial charge in [0.2, 0.25) is 11.8 Å². The van der Waals surface area contributed by atoms with Gasteiger partial charge < -0.3 is 15.1 Å². The van der Waals surface area contributed by atoms with Crippen molar-refractivity contribution in [1.29, 1.82) is 0 Å². The van der Waals surface area contributed by atoms with E-state index < -0.39 is 15.7 Å². The molecule has 1 aromatic rings. The summed E-state index contributed by atoms with van der Waals surface area (Å²) in [5.74, 6) is -0.715. The van der Waals surface area contributed by atoms with Crippen LogP contribution in [0.4, 0.5) is 11.4 Å². The van der Waals surface area contributed by atoms with Gasteiger partial charge in [0.15, 0.2) is 9.84 Å². The van der Waals surface area contributed by atoms with E-state index in [1.807, 2.05) is 31.1 Å². The quantitative estimate of drug-likeness (QED) is 0.789. The highest BCUT2D eigenvalue weighted by atomic mass is 32.2. The largest absolute Gasteiger partial charge is 0.378 e. The summed E-state index contributed by atoms with van der Waals surface area (Å²) in [6.07, 6.45) is 0.126. The molecule has 8 heteroatoms. The zero-order valence-electron chi connectivity index (χ0n) is 14.2. The molecule has 132 valence electrons. The topological polar surface area (TPSA) is 86.8 Å². The van der Waals surface area contributed by atoms with Gasteiger partial charge in [-0.25, -0.2) is 8.42 Å². The predicted octanol–water partition coefficient (Wildman–Crippen LogP) is 0.727. The number of anilines is 2. The molecule has 0 aromatic heterocycles. The molecule has 1 aliphatic heterocycles. The average molecular weight is 353 g/mol. The fraction of sp³-hybridized carbons (Fsp3) is 0.500. The zero-order valence-corrected chi connectivity index (χ0v) is 15.0. The molecular weight excluding hydrogens is 330 g/mol. The van der Waals surface area contributed by atoms with Crippen molar-refractivity contribution in [2.45, 2.75) is 18.9 Å². The van der Waals surface area contributed by atoms with E-state index in [0.29, 0.717) is 12.1 Å². The lowest BCUT2D eigenvalue weighted by atomic mass is 10.2. The Balaban J connectivity index is 1.88. The van der Waals surface area contributed by atoms with Gasteiger partial charge in [-0.2, -0.15) is 0 Å². The van der Waals surface area contributed by atoms with Gasteiger partial charge in [-0.3, -0.25) is 9.59 Å². The maximum absolute atomic E-state index is 12.1. The van der Waals surface area contributed by atoms with Crippen molar-refractivity contribution in [3.05, 3.63) is 24.3 Å². The molecule has 1 aromatic carbocycles. The summed E-state index contributed by atoms with van der Waals surface area (Å²) < 4.78 is 23.0. The summed E-state index contributed by atoms with van der Waals surface area (Å²) in [5, 5.41) is 2.68. The minimum Gasteiger partial charge on any atom is -0.378 e. The Morgan fingerprint density at radius 2 is 1.79 bits per heavy atom. The minimum absolute atomic E-state index is 0.0249. The lowest BCUT2D eigenvalue weighted by Crippen LogP contribution is -2.39. The lowest BCUT2D eigenvalue weighted by Gasteiger charge is -2.23. The van der Waals surface area contributed by atoms with E-state index in [1.165, 1.54) is 4.90 Å². The van der Waals surface area contributed by atoms with E-state index in [1.54, 1.807) is 19.2 Å². The molecule has 0 spiro atoms. The Hall–Kier alpha value is -2.09. The Morgan fingerprint density at radius 1 is 1.17 bits per heavy atom. The van der Waals surface area contributed by atoms with Crippen LogP contribution < -0.4 is 10.2 Å². The van der Waals surface area contributed by atoms with Crippen molar-refractivity contribution in [1.82, 2.24) is 4.90 Å². The van der Waals surface area contributed by atoms with E-state index in [-0.39, 0.29) is 29.9 Å². The molecule has 1 atom stereocenters. The molecular formula is C16H23N3O4S. The smallest absolute Gasteiger partial charge is 0.233 e. The van der Waals surface area contributed by atoms with Crippen molar-refractivity contribution in [3.8, 4) is 0 Å². The van der Waals surface area contributed by atoms with E-state index >= 15 is 0 Å². The van der Waals surface area contributed by atoms with Gasteiger partial charge in [0, 0.05) is 38.6 Å². The highest BCUT2D eigenvalue weighted by Gasteiger charge is 2.33. The van der Waals surface area contributed by atoms with Gasteiger partial charge >= 0.3 is 0 Å². The molecule has 0 radical (unpaired) electrons. The maximum atomic E-state index is 12.1. The third-order valence-corrected chi connectivity index (χ3v) is 5.88. The minimum atomic E-state index is -3.06. The second-order valence-electron chi connectivity index (χ2n) is 6.23. The van der Waals surface area contributed by atoms with Crippen molar-refractivity contribution in [2.24, 2.45) is 0 Å². The van der Waals surface area contributed by atoms with Crippen LogP contribution in [0.15, 0.2) is 24.3 Å². The highest BCUT2D eigenvalue weighted by Crippen LogP contribution is 2.18. The number of hydrogen-bond acceptors (Lipinski definition) is 5. The van der Waals surface area contributed by atoms with Crippen molar-refractivity contribution < 1.29 is 18.0 Å². The molecule has 0 aliphatic carbocycles. The van der Waals surface area contributed by atoms with E-state index in [2.05, 4.69) is 5.32 Å². The van der Waals surface area contributed by atoms with Gasteiger partial charge in [-0.05, 0) is 30.7 Å². The second-order valence-corrected chi connectivity index (χ2v) is 8.46. The number of carbonyl (C=O) groups excluding carboxylic acids is 2. The van der Waals surface area contributed by atoms with Gasteiger partial charge in [-0.1, -0.05) is 0 Å². The van der Waals surface area contributed by atoms with Crippen LogP contribution in [0.3, 0.4) is 0 Å². The number of nitrogens with one attached hydrogen (secondary N) is 1. The van der Waals surface area contributed by atoms with Gasteiger partial charge in [-0.15, -0.1) is 0 Å². The van der Waals surface area contributed by atoms with Crippen LogP contribution in [0.1, 0.15) is 12.8 Å². The number of benzene rings is 1. The van der Waals surface area contributed by atoms with E-state index in [4.69, 9.17) is 0 Å². The molecule has 7 nitrogen and oxygen atoms in total. The molecule has 1 N–H and O–H groups in total. The summed E-state index contributed by atoms with van der Waals surface area (Å²) >= 11 is 0. The van der Waals surface area contributed by atoms with Crippen LogP contribution in [0, 0.1) is 0 Å². The van der Waals surface area contributed by atoms with Crippen LogP contribution in [0.5, 0.6) is 0 Å². The number of amides is 2. The maximum Gasteiger partial charge on any atom is 0.233 e. The normalized spacial score (nSPS) is 18.9. The van der Waals surface area contributed by atoms with Crippen LogP contribution in [-0.2, 0) is 19.4 Å². The van der Waals surface area contributed by atoms with Crippen LogP contribution in [0.2, 0.25) is 0 Å². The van der Waals surface area contributed by atoms with Gasteiger partial charge in [0.1, 0.15) is 6.42 Å². The summed E-state index contributed by atoms with van der Waals surface area (Å²) in [7, 11) is 2.33. The highest BCUT2D eigenvalue weighted by molar-refractivity contribution is 7.91. The zero-order chi connectivity index (χ0) is 17.9. The van der Waals surface area contributed by atoms with Gasteiger partial charge in [0.25, 0.3) is 0 Å². The molecule has 1 fully saturated rings. The SMILES string of the molecule is CN(C)c1ccc(NC(=O)CC(=O)N(C)C2CCS(=O)(=O)C2)cc1. The number of carbonyl (C=O) groups is 2. The van der Waals surface area contributed by atoms with Crippen molar-refractivity contribution in [2.75, 3.05) is 42.9 Å². The number of rotatable bonds is 5. The third kappa shape index (κ3) is 4.70. The Kier molecular flexibility index (Phi) is 5.48. The number of hydrogen-bond donors (Lipinski definition) is 1. The molecule has 0 saturated carbocycles.